The summed E-state index contributed by atoms with van der Waals surface area (Å²) in [6, 6.07) is 7.56. The van der Waals surface area contributed by atoms with Crippen LogP contribution in [-0.2, 0) is 17.2 Å². The van der Waals surface area contributed by atoms with Crippen LogP contribution in [0.25, 0.3) is 0 Å². The van der Waals surface area contributed by atoms with E-state index < -0.39 is 10.8 Å². The average Bonchev–Trinajstić information content (AvgIpc) is 2.49. The van der Waals surface area contributed by atoms with Crippen molar-refractivity contribution in [2.45, 2.75) is 63.3 Å². The largest absolute Gasteiger partial charge is 0.311 e. The molecular weight excluding hydrogens is 285 g/mol. The first-order valence-electron chi connectivity index (χ1n) is 7.96. The molecule has 118 valence electrons. The third kappa shape index (κ3) is 5.19. The van der Waals surface area contributed by atoms with Crippen molar-refractivity contribution in [3.8, 4) is 0 Å². The lowest BCUT2D eigenvalue weighted by atomic mass is 9.94. The monoisotopic (exact) mass is 311 g/mol. The maximum atomic E-state index is 12.9. The molecule has 1 aliphatic carbocycles. The molecule has 1 aromatic rings. The topological polar surface area (TPSA) is 29.1 Å². The van der Waals surface area contributed by atoms with Gasteiger partial charge in [-0.3, -0.25) is 4.21 Å². The fourth-order valence-electron chi connectivity index (χ4n) is 3.21. The van der Waals surface area contributed by atoms with E-state index in [1.807, 2.05) is 19.1 Å². The molecule has 0 unspecified atom stereocenters. The highest BCUT2D eigenvalue weighted by Crippen LogP contribution is 2.23. The molecular formula is C17H26FNOS. The van der Waals surface area contributed by atoms with Crippen LogP contribution in [0.3, 0.4) is 0 Å². The number of rotatable bonds is 6. The molecule has 0 bridgehead atoms. The molecule has 0 radical (unpaired) electrons. The third-order valence-corrected chi connectivity index (χ3v) is 6.00. The molecule has 0 aliphatic heterocycles. The summed E-state index contributed by atoms with van der Waals surface area (Å²) in [6.07, 6.45) is 5.36. The molecule has 1 saturated carbocycles. The zero-order chi connectivity index (χ0) is 15.2. The zero-order valence-corrected chi connectivity index (χ0v) is 13.8. The van der Waals surface area contributed by atoms with E-state index in [2.05, 4.69) is 12.2 Å². The molecule has 1 fully saturated rings. The number of hydrogen-bond acceptors (Lipinski definition) is 2. The summed E-state index contributed by atoms with van der Waals surface area (Å²) in [4.78, 5) is 0. The molecule has 0 saturated heterocycles. The lowest BCUT2D eigenvalue weighted by Gasteiger charge is -2.31. The average molecular weight is 311 g/mol. The van der Waals surface area contributed by atoms with Gasteiger partial charge < -0.3 is 5.32 Å². The Labute approximate surface area is 130 Å². The summed E-state index contributed by atoms with van der Waals surface area (Å²) in [5.74, 6) is 0.583. The Morgan fingerprint density at radius 2 is 2.05 bits per heavy atom. The molecule has 0 amide bonds. The van der Waals surface area contributed by atoms with Crippen molar-refractivity contribution >= 4 is 10.8 Å². The van der Waals surface area contributed by atoms with E-state index in [9.17, 15) is 8.60 Å². The minimum atomic E-state index is -0.671. The molecule has 2 nitrogen and oxygen atoms in total. The predicted molar refractivity (Wildman–Crippen MR) is 87.4 cm³/mol. The van der Waals surface area contributed by atoms with Crippen LogP contribution in [0.15, 0.2) is 24.3 Å². The Morgan fingerprint density at radius 3 is 2.71 bits per heavy atom. The van der Waals surface area contributed by atoms with Crippen molar-refractivity contribution in [2.24, 2.45) is 0 Å². The zero-order valence-electron chi connectivity index (χ0n) is 13.0. The van der Waals surface area contributed by atoms with Crippen LogP contribution in [0.4, 0.5) is 4.39 Å². The van der Waals surface area contributed by atoms with E-state index in [1.54, 1.807) is 0 Å². The second-order valence-electron chi connectivity index (χ2n) is 6.05. The van der Waals surface area contributed by atoms with Crippen molar-refractivity contribution in [1.29, 1.82) is 0 Å². The van der Waals surface area contributed by atoms with E-state index in [-0.39, 0.29) is 5.82 Å². The summed E-state index contributed by atoms with van der Waals surface area (Å²) in [7, 11) is -0.671. The smallest absolute Gasteiger partial charge is 0.123 e. The van der Waals surface area contributed by atoms with Gasteiger partial charge in [0.1, 0.15) is 5.82 Å². The van der Waals surface area contributed by atoms with E-state index in [4.69, 9.17) is 0 Å². The SMILES string of the molecule is CC[S@](=O)[C@@H]1CCC[C@@H](N[C@@H](C)Cc2ccc(F)cc2)C1. The molecule has 4 heteroatoms. The van der Waals surface area contributed by atoms with Crippen LogP contribution < -0.4 is 5.32 Å². The van der Waals surface area contributed by atoms with Gasteiger partial charge in [0.25, 0.3) is 0 Å². The van der Waals surface area contributed by atoms with Gasteiger partial charge in [0.05, 0.1) is 0 Å². The second-order valence-corrected chi connectivity index (χ2v) is 8.06. The number of benzene rings is 1. The quantitative estimate of drug-likeness (QED) is 0.872. The molecule has 1 aliphatic rings. The van der Waals surface area contributed by atoms with Crippen molar-refractivity contribution in [1.82, 2.24) is 5.32 Å². The molecule has 21 heavy (non-hydrogen) atoms. The Hall–Kier alpha value is -0.740. The number of hydrogen-bond donors (Lipinski definition) is 1. The van der Waals surface area contributed by atoms with Crippen LogP contribution in [0.5, 0.6) is 0 Å². The van der Waals surface area contributed by atoms with Crippen molar-refractivity contribution in [2.75, 3.05) is 5.75 Å². The first kappa shape index (κ1) is 16.6. The van der Waals surface area contributed by atoms with E-state index in [0.29, 0.717) is 17.3 Å². The lowest BCUT2D eigenvalue weighted by Crippen LogP contribution is -2.42. The van der Waals surface area contributed by atoms with Gasteiger partial charge in [0.2, 0.25) is 0 Å². The fraction of sp³-hybridized carbons (Fsp3) is 0.647. The third-order valence-electron chi connectivity index (χ3n) is 4.26. The molecule has 4 atom stereocenters. The maximum Gasteiger partial charge on any atom is 0.123 e. The minimum Gasteiger partial charge on any atom is -0.311 e. The van der Waals surface area contributed by atoms with Gasteiger partial charge in [-0.05, 0) is 50.3 Å². The van der Waals surface area contributed by atoms with Crippen molar-refractivity contribution in [3.63, 3.8) is 0 Å². The van der Waals surface area contributed by atoms with Crippen LogP contribution in [0, 0.1) is 5.82 Å². The molecule has 1 N–H and O–H groups in total. The van der Waals surface area contributed by atoms with Gasteiger partial charge in [-0.2, -0.15) is 0 Å². The maximum absolute atomic E-state index is 12.9. The van der Waals surface area contributed by atoms with E-state index in [0.717, 1.165) is 37.0 Å². The second kappa shape index (κ2) is 8.04. The van der Waals surface area contributed by atoms with Crippen LogP contribution in [-0.4, -0.2) is 27.3 Å². The summed E-state index contributed by atoms with van der Waals surface area (Å²) in [5, 5.41) is 4.02. The molecule has 1 aromatic carbocycles. The predicted octanol–water partition coefficient (Wildman–Crippen LogP) is 3.43. The molecule has 0 heterocycles. The van der Waals surface area contributed by atoms with Crippen LogP contribution in [0.1, 0.15) is 45.1 Å². The highest BCUT2D eigenvalue weighted by Gasteiger charge is 2.26. The fourth-order valence-corrected chi connectivity index (χ4v) is 4.55. The normalized spacial score (nSPS) is 25.5. The van der Waals surface area contributed by atoms with Gasteiger partial charge in [-0.1, -0.05) is 25.5 Å². The lowest BCUT2D eigenvalue weighted by molar-refractivity contribution is 0.346. The summed E-state index contributed by atoms with van der Waals surface area (Å²) in [5.41, 5.74) is 1.15. The summed E-state index contributed by atoms with van der Waals surface area (Å²) in [6.45, 7) is 4.17. The van der Waals surface area contributed by atoms with Gasteiger partial charge in [0, 0.05) is 33.9 Å². The van der Waals surface area contributed by atoms with Gasteiger partial charge in [-0.15, -0.1) is 0 Å². The molecule has 2 rings (SSSR count). The Bertz CT molecular complexity index is 462. The number of halogens is 1. The van der Waals surface area contributed by atoms with Crippen molar-refractivity contribution in [3.05, 3.63) is 35.6 Å². The Balaban J connectivity index is 1.83. The Kier molecular flexibility index (Phi) is 6.37. The first-order chi connectivity index (χ1) is 10.1. The summed E-state index contributed by atoms with van der Waals surface area (Å²) >= 11 is 0. The van der Waals surface area contributed by atoms with E-state index >= 15 is 0 Å². The highest BCUT2D eigenvalue weighted by atomic mass is 32.2. The van der Waals surface area contributed by atoms with E-state index in [1.165, 1.54) is 18.6 Å². The summed E-state index contributed by atoms with van der Waals surface area (Å²) < 4.78 is 24.9. The number of nitrogens with one attached hydrogen (secondary N) is 1. The van der Waals surface area contributed by atoms with Gasteiger partial charge >= 0.3 is 0 Å². The Morgan fingerprint density at radius 1 is 1.33 bits per heavy atom. The molecule has 0 spiro atoms. The minimum absolute atomic E-state index is 0.184. The van der Waals surface area contributed by atoms with Crippen LogP contribution in [0.2, 0.25) is 0 Å². The van der Waals surface area contributed by atoms with Gasteiger partial charge in [-0.25, -0.2) is 4.39 Å². The van der Waals surface area contributed by atoms with Crippen LogP contribution >= 0.6 is 0 Å². The first-order valence-corrected chi connectivity index (χ1v) is 9.34. The van der Waals surface area contributed by atoms with Gasteiger partial charge in [0.15, 0.2) is 0 Å². The standard InChI is InChI=1S/C17H26FNOS/c1-3-21(20)17-6-4-5-16(12-17)19-13(2)11-14-7-9-15(18)10-8-14/h7-10,13,16-17,19H,3-6,11-12H2,1-2H3/t13-,16+,17+,21-/m0/s1. The highest BCUT2D eigenvalue weighted by molar-refractivity contribution is 7.85. The molecule has 0 aromatic heterocycles. The van der Waals surface area contributed by atoms with Crippen molar-refractivity contribution < 1.29 is 8.60 Å².